The molecule has 114 valence electrons. The van der Waals surface area contributed by atoms with Gasteiger partial charge in [0.25, 0.3) is 5.91 Å². The van der Waals surface area contributed by atoms with Crippen molar-refractivity contribution in [3.63, 3.8) is 0 Å². The van der Waals surface area contributed by atoms with E-state index in [-0.39, 0.29) is 29.5 Å². The summed E-state index contributed by atoms with van der Waals surface area (Å²) in [6.45, 7) is 1.72. The fourth-order valence-electron chi connectivity index (χ4n) is 2.43. The molecule has 0 saturated carbocycles. The van der Waals surface area contributed by atoms with Crippen molar-refractivity contribution in [1.82, 2.24) is 4.90 Å². The van der Waals surface area contributed by atoms with Crippen LogP contribution < -0.4 is 10.2 Å². The molecule has 1 fully saturated rings. The lowest BCUT2D eigenvalue weighted by molar-refractivity contribution is 0.0757. The molecule has 1 aliphatic rings. The highest BCUT2D eigenvalue weighted by Crippen LogP contribution is 2.14. The minimum absolute atomic E-state index is 0.0685. The molecule has 0 atom stereocenters. The summed E-state index contributed by atoms with van der Waals surface area (Å²) >= 11 is 0. The first-order chi connectivity index (χ1) is 10.7. The van der Waals surface area contributed by atoms with E-state index in [0.717, 1.165) is 31.5 Å². The molecule has 0 N–H and O–H groups in total. The van der Waals surface area contributed by atoms with Crippen LogP contribution in [0.5, 0.6) is 5.75 Å². The van der Waals surface area contributed by atoms with Crippen LogP contribution in [0.25, 0.3) is 0 Å². The Bertz CT molecular complexity index is 702. The van der Waals surface area contributed by atoms with Gasteiger partial charge in [0.15, 0.2) is 5.76 Å². The van der Waals surface area contributed by atoms with Gasteiger partial charge in [0, 0.05) is 19.2 Å². The number of benzene rings is 1. The predicted molar refractivity (Wildman–Crippen MR) is 80.9 cm³/mol. The summed E-state index contributed by atoms with van der Waals surface area (Å²) in [4.78, 5) is 25.9. The third-order valence-corrected chi connectivity index (χ3v) is 3.64. The van der Waals surface area contributed by atoms with E-state index in [1.807, 2.05) is 30.3 Å². The first-order valence-corrected chi connectivity index (χ1v) is 7.33. The Morgan fingerprint density at radius 3 is 2.59 bits per heavy atom. The van der Waals surface area contributed by atoms with Crippen molar-refractivity contribution >= 4 is 5.91 Å². The molecule has 1 saturated heterocycles. The van der Waals surface area contributed by atoms with Gasteiger partial charge in [0.05, 0.1) is 0 Å². The number of ether oxygens (including phenoxy) is 1. The SMILES string of the molecule is O=C(c1cc(=O)c(OCc2ccccc2)co1)N1CCCC1. The van der Waals surface area contributed by atoms with Gasteiger partial charge < -0.3 is 14.1 Å². The Morgan fingerprint density at radius 1 is 1.18 bits per heavy atom. The third kappa shape index (κ3) is 3.19. The molecule has 0 radical (unpaired) electrons. The van der Waals surface area contributed by atoms with Crippen molar-refractivity contribution in [3.05, 3.63) is 64.2 Å². The Kier molecular flexibility index (Phi) is 4.23. The molecule has 5 nitrogen and oxygen atoms in total. The van der Waals surface area contributed by atoms with Crippen LogP contribution in [0.4, 0.5) is 0 Å². The molecule has 0 unspecified atom stereocenters. The van der Waals surface area contributed by atoms with Gasteiger partial charge in [-0.3, -0.25) is 9.59 Å². The average molecular weight is 299 g/mol. The highest BCUT2D eigenvalue weighted by Gasteiger charge is 2.22. The fraction of sp³-hybridized carbons (Fsp3) is 0.294. The van der Waals surface area contributed by atoms with E-state index >= 15 is 0 Å². The van der Waals surface area contributed by atoms with Crippen molar-refractivity contribution in [2.45, 2.75) is 19.4 Å². The van der Waals surface area contributed by atoms with Crippen LogP contribution in [0.2, 0.25) is 0 Å². The van der Waals surface area contributed by atoms with E-state index in [1.165, 1.54) is 12.3 Å². The van der Waals surface area contributed by atoms with Crippen LogP contribution in [0, 0.1) is 0 Å². The molecular weight excluding hydrogens is 282 g/mol. The van der Waals surface area contributed by atoms with E-state index in [0.29, 0.717) is 0 Å². The van der Waals surface area contributed by atoms with Crippen LogP contribution in [0.1, 0.15) is 29.0 Å². The molecule has 1 aromatic heterocycles. The molecule has 3 rings (SSSR count). The molecule has 5 heteroatoms. The summed E-state index contributed by atoms with van der Waals surface area (Å²) in [5, 5.41) is 0. The molecule has 0 bridgehead atoms. The lowest BCUT2D eigenvalue weighted by Crippen LogP contribution is -2.28. The lowest BCUT2D eigenvalue weighted by Gasteiger charge is -2.14. The summed E-state index contributed by atoms with van der Waals surface area (Å²) in [6.07, 6.45) is 3.21. The number of amides is 1. The normalized spacial score (nSPS) is 14.1. The second-order valence-corrected chi connectivity index (χ2v) is 5.25. The lowest BCUT2D eigenvalue weighted by atomic mass is 10.2. The first-order valence-electron chi connectivity index (χ1n) is 7.33. The second kappa shape index (κ2) is 6.47. The summed E-state index contributed by atoms with van der Waals surface area (Å²) in [6, 6.07) is 10.7. The minimum Gasteiger partial charge on any atom is -0.482 e. The Morgan fingerprint density at radius 2 is 1.91 bits per heavy atom. The number of carbonyl (C=O) groups excluding carboxylic acids is 1. The summed E-state index contributed by atoms with van der Waals surface area (Å²) < 4.78 is 10.7. The molecule has 0 aliphatic carbocycles. The smallest absolute Gasteiger partial charge is 0.289 e. The first kappa shape index (κ1) is 14.4. The molecule has 0 spiro atoms. The zero-order chi connectivity index (χ0) is 15.4. The predicted octanol–water partition coefficient (Wildman–Crippen LogP) is 2.45. The highest BCUT2D eigenvalue weighted by molar-refractivity contribution is 5.91. The van der Waals surface area contributed by atoms with Gasteiger partial charge in [0.2, 0.25) is 11.2 Å². The van der Waals surface area contributed by atoms with Gasteiger partial charge in [-0.2, -0.15) is 0 Å². The van der Waals surface area contributed by atoms with Gasteiger partial charge in [-0.25, -0.2) is 0 Å². The largest absolute Gasteiger partial charge is 0.482 e. The van der Waals surface area contributed by atoms with E-state index in [1.54, 1.807) is 4.90 Å². The maximum Gasteiger partial charge on any atom is 0.289 e. The van der Waals surface area contributed by atoms with Crippen LogP contribution >= 0.6 is 0 Å². The van der Waals surface area contributed by atoms with Crippen molar-refractivity contribution in [3.8, 4) is 5.75 Å². The Hall–Kier alpha value is -2.56. The van der Waals surface area contributed by atoms with Gasteiger partial charge in [0.1, 0.15) is 12.9 Å². The topological polar surface area (TPSA) is 59.8 Å². The standard InChI is InChI=1S/C17H17NO4/c19-14-10-15(17(20)18-8-4-5-9-18)22-12-16(14)21-11-13-6-2-1-3-7-13/h1-3,6-7,10,12H,4-5,8-9,11H2. The number of likely N-dealkylation sites (tertiary alicyclic amines) is 1. The minimum atomic E-state index is -0.343. The zero-order valence-corrected chi connectivity index (χ0v) is 12.2. The molecule has 2 heterocycles. The van der Waals surface area contributed by atoms with Crippen LogP contribution in [0.15, 0.2) is 51.9 Å². The zero-order valence-electron chi connectivity index (χ0n) is 12.2. The molecule has 1 amide bonds. The number of rotatable bonds is 4. The second-order valence-electron chi connectivity index (χ2n) is 5.25. The third-order valence-electron chi connectivity index (χ3n) is 3.64. The Labute approximate surface area is 128 Å². The molecular formula is C17H17NO4. The van der Waals surface area contributed by atoms with Crippen molar-refractivity contribution in [1.29, 1.82) is 0 Å². The van der Waals surface area contributed by atoms with Gasteiger partial charge in [-0.05, 0) is 18.4 Å². The van der Waals surface area contributed by atoms with Crippen molar-refractivity contribution < 1.29 is 13.9 Å². The number of carbonyl (C=O) groups is 1. The molecule has 2 aromatic rings. The van der Waals surface area contributed by atoms with E-state index in [9.17, 15) is 9.59 Å². The summed E-state index contributed by atoms with van der Waals surface area (Å²) in [5.41, 5.74) is 0.615. The highest BCUT2D eigenvalue weighted by atomic mass is 16.5. The molecule has 22 heavy (non-hydrogen) atoms. The van der Waals surface area contributed by atoms with Gasteiger partial charge >= 0.3 is 0 Å². The number of nitrogens with zero attached hydrogens (tertiary/aromatic N) is 1. The number of hydrogen-bond acceptors (Lipinski definition) is 4. The van der Waals surface area contributed by atoms with Gasteiger partial charge in [-0.15, -0.1) is 0 Å². The van der Waals surface area contributed by atoms with Crippen LogP contribution in [-0.4, -0.2) is 23.9 Å². The fourth-order valence-corrected chi connectivity index (χ4v) is 2.43. The Balaban J connectivity index is 1.69. The van der Waals surface area contributed by atoms with Gasteiger partial charge in [-0.1, -0.05) is 30.3 Å². The molecule has 1 aliphatic heterocycles. The van der Waals surface area contributed by atoms with E-state index < -0.39 is 0 Å². The quantitative estimate of drug-likeness (QED) is 0.870. The summed E-state index contributed by atoms with van der Waals surface area (Å²) in [5.74, 6) is -0.0509. The van der Waals surface area contributed by atoms with Crippen LogP contribution in [-0.2, 0) is 6.61 Å². The van der Waals surface area contributed by atoms with Crippen molar-refractivity contribution in [2.75, 3.05) is 13.1 Å². The van der Waals surface area contributed by atoms with E-state index in [4.69, 9.17) is 9.15 Å². The summed E-state index contributed by atoms with van der Waals surface area (Å²) in [7, 11) is 0. The van der Waals surface area contributed by atoms with Crippen LogP contribution in [0.3, 0.4) is 0 Å². The number of hydrogen-bond donors (Lipinski definition) is 0. The maximum absolute atomic E-state index is 12.1. The monoisotopic (exact) mass is 299 g/mol. The maximum atomic E-state index is 12.1. The average Bonchev–Trinajstić information content (AvgIpc) is 3.08. The van der Waals surface area contributed by atoms with E-state index in [2.05, 4.69) is 0 Å². The molecule has 1 aromatic carbocycles. The van der Waals surface area contributed by atoms with Crippen molar-refractivity contribution in [2.24, 2.45) is 0 Å².